The minimum Gasteiger partial charge on any atom is -0.378 e. The number of carbonyl (C=O) groups is 1. The number of alkyl halides is 2. The molecule has 3 nitrogen and oxygen atoms in total. The van der Waals surface area contributed by atoms with Crippen molar-refractivity contribution in [2.75, 3.05) is 0 Å². The van der Waals surface area contributed by atoms with Crippen molar-refractivity contribution < 1.29 is 13.6 Å². The fraction of sp³-hybridized carbons (Fsp3) is 0.333. The maximum atomic E-state index is 12.0. The number of hydrogen-bond donors (Lipinski definition) is 1. The highest BCUT2D eigenvalue weighted by Gasteiger charge is 2.45. The van der Waals surface area contributed by atoms with Crippen LogP contribution in [0.25, 0.3) is 0 Å². The first-order chi connectivity index (χ1) is 4.02. The average Bonchev–Trinajstić information content (AvgIpc) is 1.79. The first-order valence-corrected chi connectivity index (χ1v) is 2.79. The lowest BCUT2D eigenvalue weighted by Crippen LogP contribution is -2.17. The molecule has 2 N–H and O–H groups in total. The Hall–Kier alpha value is -0.650. The van der Waals surface area contributed by atoms with Gasteiger partial charge in [-0.15, -0.1) is 0 Å². The third-order valence-electron chi connectivity index (χ3n) is 0.693. The van der Waals surface area contributed by atoms with E-state index in [0.29, 0.717) is 0 Å². The standard InChI is InChI=1S/C3H2F2N2OS/c4-3(5)1(8)7-2(6)9-3/h(H2,6,7,8). The first kappa shape index (κ1) is 6.47. The highest BCUT2D eigenvalue weighted by Crippen LogP contribution is 2.34. The fourth-order valence-electron chi connectivity index (χ4n) is 0.363. The van der Waals surface area contributed by atoms with E-state index < -0.39 is 11.2 Å². The third kappa shape index (κ3) is 1.02. The van der Waals surface area contributed by atoms with Crippen LogP contribution < -0.4 is 5.73 Å². The van der Waals surface area contributed by atoms with Crippen molar-refractivity contribution in [3.8, 4) is 0 Å². The van der Waals surface area contributed by atoms with Crippen LogP contribution >= 0.6 is 11.8 Å². The van der Waals surface area contributed by atoms with Gasteiger partial charge in [0.05, 0.1) is 0 Å². The van der Waals surface area contributed by atoms with Crippen LogP contribution in [-0.4, -0.2) is 16.3 Å². The minimum absolute atomic E-state index is 0.0243. The molecule has 0 unspecified atom stereocenters. The highest BCUT2D eigenvalue weighted by atomic mass is 32.2. The molecule has 0 saturated carbocycles. The van der Waals surface area contributed by atoms with E-state index in [-0.39, 0.29) is 16.9 Å². The number of thioether (sulfide) groups is 1. The lowest BCUT2D eigenvalue weighted by molar-refractivity contribution is -0.130. The first-order valence-electron chi connectivity index (χ1n) is 1.98. The van der Waals surface area contributed by atoms with E-state index in [1.807, 2.05) is 0 Å². The van der Waals surface area contributed by atoms with Crippen LogP contribution in [0.2, 0.25) is 0 Å². The van der Waals surface area contributed by atoms with Crippen LogP contribution in [0.15, 0.2) is 4.99 Å². The molecule has 1 rings (SSSR count). The van der Waals surface area contributed by atoms with Crippen LogP contribution in [0, 0.1) is 0 Å². The Labute approximate surface area is 53.3 Å². The Morgan fingerprint density at radius 3 is 2.33 bits per heavy atom. The normalized spacial score (nSPS) is 24.2. The molecule has 0 aromatic rings. The molecule has 1 aliphatic heterocycles. The van der Waals surface area contributed by atoms with Gasteiger partial charge in [-0.2, -0.15) is 13.8 Å². The van der Waals surface area contributed by atoms with E-state index >= 15 is 0 Å². The second-order valence-corrected chi connectivity index (χ2v) is 2.51. The second kappa shape index (κ2) is 1.66. The van der Waals surface area contributed by atoms with Gasteiger partial charge in [0.25, 0.3) is 0 Å². The van der Waals surface area contributed by atoms with Gasteiger partial charge in [0.15, 0.2) is 5.17 Å². The summed E-state index contributed by atoms with van der Waals surface area (Å²) in [4.78, 5) is 12.9. The van der Waals surface area contributed by atoms with Crippen LogP contribution in [0.3, 0.4) is 0 Å². The quantitative estimate of drug-likeness (QED) is 0.538. The lowest BCUT2D eigenvalue weighted by atomic mass is 10.7. The van der Waals surface area contributed by atoms with Gasteiger partial charge in [-0.3, -0.25) is 4.79 Å². The van der Waals surface area contributed by atoms with Gasteiger partial charge in [0.1, 0.15) is 0 Å². The summed E-state index contributed by atoms with van der Waals surface area (Å²) < 4.78 is 24.0. The van der Waals surface area contributed by atoms with Crippen molar-refractivity contribution in [2.45, 2.75) is 5.25 Å². The molecule has 0 atom stereocenters. The molecule has 0 radical (unpaired) electrons. The number of amidine groups is 1. The van der Waals surface area contributed by atoms with E-state index in [2.05, 4.69) is 4.99 Å². The molecule has 6 heteroatoms. The Kier molecular flexibility index (Phi) is 1.20. The summed E-state index contributed by atoms with van der Waals surface area (Å²) >= 11 is -0.0243. The second-order valence-electron chi connectivity index (χ2n) is 1.37. The van der Waals surface area contributed by atoms with Crippen LogP contribution in [0.5, 0.6) is 0 Å². The summed E-state index contributed by atoms with van der Waals surface area (Å²) in [5.74, 6) is -1.47. The predicted molar refractivity (Wildman–Crippen MR) is 29.2 cm³/mol. The van der Waals surface area contributed by atoms with Crippen molar-refractivity contribution in [3.63, 3.8) is 0 Å². The SMILES string of the molecule is NC1=NC(=O)C(F)(F)S1. The van der Waals surface area contributed by atoms with Crippen molar-refractivity contribution >= 4 is 22.8 Å². The number of aliphatic imine (C=N–C) groups is 1. The molecule has 0 saturated heterocycles. The third-order valence-corrected chi connectivity index (χ3v) is 1.42. The molecule has 0 aliphatic carbocycles. The molecule has 0 aromatic heterocycles. The van der Waals surface area contributed by atoms with Crippen molar-refractivity contribution in [3.05, 3.63) is 0 Å². The molecule has 0 fully saturated rings. The number of rotatable bonds is 0. The minimum atomic E-state index is -3.43. The van der Waals surface area contributed by atoms with Gasteiger partial charge in [-0.25, -0.2) is 0 Å². The van der Waals surface area contributed by atoms with E-state index in [9.17, 15) is 13.6 Å². The Balaban J connectivity index is 2.84. The largest absolute Gasteiger partial charge is 0.380 e. The summed E-state index contributed by atoms with van der Waals surface area (Å²) in [6.45, 7) is 0. The molecular formula is C3H2F2N2OS. The molecule has 0 spiro atoms. The summed E-state index contributed by atoms with van der Waals surface area (Å²) in [6, 6.07) is 0. The molecule has 0 bridgehead atoms. The van der Waals surface area contributed by atoms with E-state index in [4.69, 9.17) is 5.73 Å². The average molecular weight is 152 g/mol. The van der Waals surface area contributed by atoms with Crippen molar-refractivity contribution in [2.24, 2.45) is 10.7 Å². The van der Waals surface area contributed by atoms with E-state index in [0.717, 1.165) is 0 Å². The summed E-state index contributed by atoms with van der Waals surface area (Å²) in [6.07, 6.45) is 0. The number of hydrogen-bond acceptors (Lipinski definition) is 3. The van der Waals surface area contributed by atoms with Crippen molar-refractivity contribution in [1.82, 2.24) is 0 Å². The van der Waals surface area contributed by atoms with Gasteiger partial charge in [0.2, 0.25) is 0 Å². The van der Waals surface area contributed by atoms with E-state index in [1.165, 1.54) is 0 Å². The van der Waals surface area contributed by atoms with Crippen LogP contribution in [-0.2, 0) is 4.79 Å². The van der Waals surface area contributed by atoms with Crippen LogP contribution in [0.1, 0.15) is 0 Å². The smallest absolute Gasteiger partial charge is 0.378 e. The van der Waals surface area contributed by atoms with Crippen molar-refractivity contribution in [1.29, 1.82) is 0 Å². The van der Waals surface area contributed by atoms with Crippen LogP contribution in [0.4, 0.5) is 8.78 Å². The zero-order valence-corrected chi connectivity index (χ0v) is 4.91. The molecule has 0 aromatic carbocycles. The zero-order chi connectivity index (χ0) is 7.07. The van der Waals surface area contributed by atoms with E-state index in [1.54, 1.807) is 0 Å². The molecule has 1 aliphatic rings. The Morgan fingerprint density at radius 2 is 2.22 bits per heavy atom. The maximum absolute atomic E-state index is 12.0. The summed E-state index contributed by atoms with van der Waals surface area (Å²) in [7, 11) is 0. The molecule has 1 heterocycles. The van der Waals surface area contributed by atoms with Gasteiger partial charge < -0.3 is 5.73 Å². The molecule has 50 valence electrons. The zero-order valence-electron chi connectivity index (χ0n) is 4.10. The predicted octanol–water partition coefficient (Wildman–Crippen LogP) is 0.167. The fourth-order valence-corrected chi connectivity index (χ4v) is 0.887. The summed E-state index contributed by atoms with van der Waals surface area (Å²) in [5.41, 5.74) is 4.81. The monoisotopic (exact) mass is 152 g/mol. The number of carbonyl (C=O) groups excluding carboxylic acids is 1. The number of amides is 1. The lowest BCUT2D eigenvalue weighted by Gasteiger charge is -1.99. The molecule has 1 amide bonds. The Morgan fingerprint density at radius 1 is 1.67 bits per heavy atom. The highest BCUT2D eigenvalue weighted by molar-refractivity contribution is 8.15. The number of nitrogens with two attached hydrogens (primary N) is 1. The number of nitrogens with zero attached hydrogens (tertiary/aromatic N) is 1. The van der Waals surface area contributed by atoms with Gasteiger partial charge in [-0.05, 0) is 11.8 Å². The summed E-state index contributed by atoms with van der Waals surface area (Å²) in [5, 5.41) is -3.80. The van der Waals surface area contributed by atoms with Gasteiger partial charge >= 0.3 is 11.2 Å². The van der Waals surface area contributed by atoms with Gasteiger partial charge in [-0.1, -0.05) is 0 Å². The topological polar surface area (TPSA) is 55.4 Å². The molecule has 9 heavy (non-hydrogen) atoms. The Bertz CT molecular complexity index is 190. The maximum Gasteiger partial charge on any atom is 0.380 e. The molecular weight excluding hydrogens is 150 g/mol. The van der Waals surface area contributed by atoms with Gasteiger partial charge in [0, 0.05) is 0 Å². The number of halogens is 2.